The molecule has 0 aliphatic carbocycles. The summed E-state index contributed by atoms with van der Waals surface area (Å²) < 4.78 is 47.2. The van der Waals surface area contributed by atoms with Gasteiger partial charge in [-0.05, 0) is 18.9 Å². The number of aromatic amines is 1. The van der Waals surface area contributed by atoms with Crippen LogP contribution in [0.5, 0.6) is 0 Å². The number of para-hydroxylation sites is 1. The van der Waals surface area contributed by atoms with Gasteiger partial charge < -0.3 is 19.2 Å². The Morgan fingerprint density at radius 1 is 1.11 bits per heavy atom. The predicted molar refractivity (Wildman–Crippen MR) is 123 cm³/mol. The Bertz CT molecular complexity index is 1410. The van der Waals surface area contributed by atoms with Crippen molar-refractivity contribution in [3.05, 3.63) is 65.5 Å². The van der Waals surface area contributed by atoms with Gasteiger partial charge in [0.25, 0.3) is 18.3 Å². The number of nitrogens with one attached hydrogen (secondary N) is 1. The maximum Gasteiger partial charge on any atom is 0.298 e. The van der Waals surface area contributed by atoms with E-state index in [1.54, 1.807) is 11.1 Å². The molecular formula is C24H22F3N7O2. The molecule has 1 fully saturated rings. The van der Waals surface area contributed by atoms with Crippen molar-refractivity contribution in [3.63, 3.8) is 0 Å². The van der Waals surface area contributed by atoms with Gasteiger partial charge in [-0.2, -0.15) is 4.98 Å². The molecule has 12 heteroatoms. The van der Waals surface area contributed by atoms with Gasteiger partial charge in [-0.3, -0.25) is 4.79 Å². The normalized spacial score (nSPS) is 18.7. The lowest BCUT2D eigenvalue weighted by molar-refractivity contribution is 0.0636. The number of nitrogens with zero attached hydrogens (tertiary/aromatic N) is 6. The molecule has 1 aromatic carbocycles. The van der Waals surface area contributed by atoms with Crippen LogP contribution in [0, 0.1) is 0 Å². The highest BCUT2D eigenvalue weighted by atomic mass is 19.3. The van der Waals surface area contributed by atoms with E-state index in [9.17, 15) is 18.0 Å². The van der Waals surface area contributed by atoms with E-state index in [4.69, 9.17) is 4.42 Å². The highest BCUT2D eigenvalue weighted by Gasteiger charge is 2.40. The Labute approximate surface area is 203 Å². The molecule has 36 heavy (non-hydrogen) atoms. The van der Waals surface area contributed by atoms with Crippen LogP contribution in [0.4, 0.5) is 19.2 Å². The van der Waals surface area contributed by atoms with Crippen molar-refractivity contribution in [2.45, 2.75) is 37.9 Å². The number of piperidine rings is 1. The standard InChI is InChI=1S/C24H22F3N7O2/c25-14-5-8-33(9-6-14)24-32-18(21(26)27)20(36-24)23(35)34-10-7-16-17(30-12-29-16)19(34)22-28-11-13-3-1-2-4-15(13)31-22/h1-4,11-12,14,19,21H,5-10H2,(H,29,30)/t19-/m1/s1. The van der Waals surface area contributed by atoms with Gasteiger partial charge >= 0.3 is 0 Å². The van der Waals surface area contributed by atoms with Gasteiger partial charge in [0.15, 0.2) is 11.5 Å². The fraction of sp³-hybridized carbons (Fsp3) is 0.375. The number of oxazole rings is 1. The summed E-state index contributed by atoms with van der Waals surface area (Å²) >= 11 is 0. The summed E-state index contributed by atoms with van der Waals surface area (Å²) in [4.78, 5) is 37.3. The van der Waals surface area contributed by atoms with Crippen LogP contribution in [-0.2, 0) is 6.42 Å². The Morgan fingerprint density at radius 3 is 2.72 bits per heavy atom. The molecule has 5 heterocycles. The first-order valence-corrected chi connectivity index (χ1v) is 11.7. The summed E-state index contributed by atoms with van der Waals surface area (Å²) in [6.45, 7) is 0.749. The minimum atomic E-state index is -3.03. The minimum absolute atomic E-state index is 0.100. The lowest BCUT2D eigenvalue weighted by Crippen LogP contribution is -2.41. The van der Waals surface area contributed by atoms with Crippen LogP contribution in [0.15, 0.2) is 41.2 Å². The number of alkyl halides is 3. The maximum atomic E-state index is 14.0. The summed E-state index contributed by atoms with van der Waals surface area (Å²) in [6, 6.07) is 6.52. The van der Waals surface area contributed by atoms with Crippen LogP contribution in [0.25, 0.3) is 10.9 Å². The molecule has 9 nitrogen and oxygen atoms in total. The summed E-state index contributed by atoms with van der Waals surface area (Å²) in [5.74, 6) is -0.967. The number of imidazole rings is 1. The fourth-order valence-electron chi connectivity index (χ4n) is 4.80. The Morgan fingerprint density at radius 2 is 1.92 bits per heavy atom. The molecule has 1 atom stereocenters. The molecule has 0 saturated carbocycles. The number of carbonyl (C=O) groups is 1. The van der Waals surface area contributed by atoms with Crippen LogP contribution in [0.1, 0.15) is 58.8 Å². The van der Waals surface area contributed by atoms with Crippen molar-refractivity contribution in [1.29, 1.82) is 0 Å². The number of carbonyl (C=O) groups excluding carboxylic acids is 1. The quantitative estimate of drug-likeness (QED) is 0.454. The number of halogens is 3. The number of aromatic nitrogens is 5. The van der Waals surface area contributed by atoms with E-state index >= 15 is 0 Å². The fourth-order valence-corrected chi connectivity index (χ4v) is 4.80. The van der Waals surface area contributed by atoms with Gasteiger partial charge in [0.1, 0.15) is 12.2 Å². The third-order valence-corrected chi connectivity index (χ3v) is 6.68. The highest BCUT2D eigenvalue weighted by Crippen LogP contribution is 2.36. The van der Waals surface area contributed by atoms with E-state index in [-0.39, 0.29) is 38.5 Å². The second-order valence-corrected chi connectivity index (χ2v) is 8.88. The SMILES string of the molecule is O=C(c1oc(N2CCC(F)CC2)nc1C(F)F)N1CCc2[nH]cnc2[C@@H]1c1ncc2ccccc2n1. The molecule has 4 aromatic rings. The van der Waals surface area contributed by atoms with Gasteiger partial charge in [-0.15, -0.1) is 0 Å². The molecule has 6 rings (SSSR count). The van der Waals surface area contributed by atoms with Gasteiger partial charge in [0.2, 0.25) is 5.76 Å². The number of rotatable bonds is 4. The first-order chi connectivity index (χ1) is 17.5. The second-order valence-electron chi connectivity index (χ2n) is 8.88. The number of hydrogen-bond donors (Lipinski definition) is 1. The molecule has 0 bridgehead atoms. The van der Waals surface area contributed by atoms with Crippen molar-refractivity contribution in [2.24, 2.45) is 0 Å². The topological polar surface area (TPSA) is 104 Å². The highest BCUT2D eigenvalue weighted by molar-refractivity contribution is 5.93. The molecule has 2 aliphatic rings. The lowest BCUT2D eigenvalue weighted by atomic mass is 10.0. The molecule has 3 aromatic heterocycles. The van der Waals surface area contributed by atoms with Gasteiger partial charge in [0, 0.05) is 43.3 Å². The van der Waals surface area contributed by atoms with E-state index in [0.29, 0.717) is 23.5 Å². The van der Waals surface area contributed by atoms with E-state index in [2.05, 4.69) is 24.9 Å². The largest absolute Gasteiger partial charge is 0.418 e. The molecule has 1 saturated heterocycles. The molecule has 186 valence electrons. The van der Waals surface area contributed by atoms with Gasteiger partial charge in [-0.25, -0.2) is 28.1 Å². The second kappa shape index (κ2) is 8.92. The Hall–Kier alpha value is -3.96. The maximum absolute atomic E-state index is 14.0. The lowest BCUT2D eigenvalue weighted by Gasteiger charge is -2.33. The van der Waals surface area contributed by atoms with Crippen LogP contribution >= 0.6 is 0 Å². The first kappa shape index (κ1) is 22.5. The number of anilines is 1. The summed E-state index contributed by atoms with van der Waals surface area (Å²) in [6.07, 6.45) is 0.133. The molecule has 0 radical (unpaired) electrons. The average Bonchev–Trinajstić information content (AvgIpc) is 3.56. The predicted octanol–water partition coefficient (Wildman–Crippen LogP) is 4.00. The van der Waals surface area contributed by atoms with Crippen molar-refractivity contribution in [2.75, 3.05) is 24.5 Å². The van der Waals surface area contributed by atoms with Crippen LogP contribution in [-0.4, -0.2) is 61.5 Å². The first-order valence-electron chi connectivity index (χ1n) is 11.7. The minimum Gasteiger partial charge on any atom is -0.418 e. The zero-order chi connectivity index (χ0) is 24.8. The molecule has 1 amide bonds. The number of amides is 1. The third kappa shape index (κ3) is 3.86. The average molecular weight is 497 g/mol. The Kier molecular flexibility index (Phi) is 5.57. The zero-order valence-electron chi connectivity index (χ0n) is 19.1. The van der Waals surface area contributed by atoms with Gasteiger partial charge in [-0.1, -0.05) is 18.2 Å². The zero-order valence-corrected chi connectivity index (χ0v) is 19.1. The molecule has 1 N–H and O–H groups in total. The number of fused-ring (bicyclic) bond motifs is 2. The van der Waals surface area contributed by atoms with E-state index in [1.807, 2.05) is 24.3 Å². The van der Waals surface area contributed by atoms with Crippen LogP contribution in [0.3, 0.4) is 0 Å². The molecular weight excluding hydrogens is 475 g/mol. The summed E-state index contributed by atoms with van der Waals surface area (Å²) in [5, 5.41) is 0.828. The van der Waals surface area contributed by atoms with E-state index < -0.39 is 36.0 Å². The molecule has 2 aliphatic heterocycles. The molecule has 0 unspecified atom stereocenters. The molecule has 0 spiro atoms. The number of H-pyrrole nitrogens is 1. The monoisotopic (exact) mass is 497 g/mol. The number of hydrogen-bond acceptors (Lipinski definition) is 7. The van der Waals surface area contributed by atoms with Gasteiger partial charge in [0.05, 0.1) is 17.5 Å². The summed E-state index contributed by atoms with van der Waals surface area (Å²) in [5.41, 5.74) is 1.32. The van der Waals surface area contributed by atoms with Crippen molar-refractivity contribution >= 4 is 22.8 Å². The third-order valence-electron chi connectivity index (χ3n) is 6.68. The van der Waals surface area contributed by atoms with E-state index in [0.717, 1.165) is 11.1 Å². The smallest absolute Gasteiger partial charge is 0.298 e. The number of benzene rings is 1. The Balaban J connectivity index is 1.40. The van der Waals surface area contributed by atoms with Crippen LogP contribution in [0.2, 0.25) is 0 Å². The van der Waals surface area contributed by atoms with Crippen molar-refractivity contribution < 1.29 is 22.4 Å². The van der Waals surface area contributed by atoms with E-state index in [1.165, 1.54) is 11.2 Å². The van der Waals surface area contributed by atoms with Crippen LogP contribution < -0.4 is 4.90 Å². The summed E-state index contributed by atoms with van der Waals surface area (Å²) in [7, 11) is 0. The van der Waals surface area contributed by atoms with Crippen molar-refractivity contribution in [1.82, 2.24) is 29.8 Å². The van der Waals surface area contributed by atoms with Crippen molar-refractivity contribution in [3.8, 4) is 0 Å².